The maximum atomic E-state index is 12.0. The summed E-state index contributed by atoms with van der Waals surface area (Å²) in [7, 11) is 0. The summed E-state index contributed by atoms with van der Waals surface area (Å²) >= 11 is 0. The average Bonchev–Trinajstić information content (AvgIpc) is 3.09. The van der Waals surface area contributed by atoms with E-state index in [1.165, 1.54) is 5.69 Å². The van der Waals surface area contributed by atoms with Gasteiger partial charge in [-0.05, 0) is 36.4 Å². The molecule has 1 aliphatic rings. The number of hydrogen-bond donors (Lipinski definition) is 0. The molecule has 0 bridgehead atoms. The summed E-state index contributed by atoms with van der Waals surface area (Å²) in [5, 5.41) is 0. The van der Waals surface area contributed by atoms with Crippen molar-refractivity contribution < 1.29 is 9.21 Å². The number of anilines is 1. The fourth-order valence-electron chi connectivity index (χ4n) is 2.83. The van der Waals surface area contributed by atoms with Crippen LogP contribution in [0.25, 0.3) is 11.3 Å². The van der Waals surface area contributed by atoms with Crippen LogP contribution in [0.15, 0.2) is 47.1 Å². The van der Waals surface area contributed by atoms with Crippen molar-refractivity contribution in [1.82, 2.24) is 4.90 Å². The van der Waals surface area contributed by atoms with Crippen LogP contribution in [-0.2, 0) is 4.79 Å². The van der Waals surface area contributed by atoms with Crippen LogP contribution in [0, 0.1) is 5.92 Å². The quantitative estimate of drug-likeness (QED) is 0.873. The Morgan fingerprint density at radius 2 is 1.73 bits per heavy atom. The summed E-state index contributed by atoms with van der Waals surface area (Å²) in [4.78, 5) is 16.3. The zero-order chi connectivity index (χ0) is 15.5. The minimum absolute atomic E-state index is 0.0825. The molecule has 0 atom stereocenters. The number of benzene rings is 1. The molecule has 2 aromatic rings. The van der Waals surface area contributed by atoms with E-state index in [0.717, 1.165) is 37.5 Å². The van der Waals surface area contributed by atoms with Crippen LogP contribution in [0.5, 0.6) is 0 Å². The van der Waals surface area contributed by atoms with Gasteiger partial charge >= 0.3 is 0 Å². The monoisotopic (exact) mass is 298 g/mol. The molecule has 1 fully saturated rings. The first kappa shape index (κ1) is 14.7. The molecule has 116 valence electrons. The predicted molar refractivity (Wildman–Crippen MR) is 87.8 cm³/mol. The maximum Gasteiger partial charge on any atom is 0.225 e. The van der Waals surface area contributed by atoms with Crippen LogP contribution in [0.3, 0.4) is 0 Å². The zero-order valence-corrected chi connectivity index (χ0v) is 13.2. The highest BCUT2D eigenvalue weighted by molar-refractivity contribution is 5.78. The fourth-order valence-corrected chi connectivity index (χ4v) is 2.83. The van der Waals surface area contributed by atoms with Crippen LogP contribution < -0.4 is 4.90 Å². The van der Waals surface area contributed by atoms with Gasteiger partial charge in [0.05, 0.1) is 6.26 Å². The molecule has 4 heteroatoms. The lowest BCUT2D eigenvalue weighted by molar-refractivity contribution is -0.134. The first-order valence-corrected chi connectivity index (χ1v) is 7.83. The van der Waals surface area contributed by atoms with Gasteiger partial charge in [0.25, 0.3) is 0 Å². The van der Waals surface area contributed by atoms with Crippen molar-refractivity contribution >= 4 is 11.6 Å². The number of rotatable bonds is 3. The summed E-state index contributed by atoms with van der Waals surface area (Å²) in [6.07, 6.45) is 1.69. The third kappa shape index (κ3) is 3.01. The highest BCUT2D eigenvalue weighted by Crippen LogP contribution is 2.24. The second kappa shape index (κ2) is 6.26. The molecule has 0 unspecified atom stereocenters. The van der Waals surface area contributed by atoms with Crippen molar-refractivity contribution in [2.24, 2.45) is 5.92 Å². The van der Waals surface area contributed by atoms with Crippen LogP contribution in [0.1, 0.15) is 13.8 Å². The SMILES string of the molecule is CC(C)C(=O)N1CCN(c2ccc(-c3ccco3)cc2)CC1. The predicted octanol–water partition coefficient (Wildman–Crippen LogP) is 3.25. The Balaban J connectivity index is 1.63. The standard InChI is InChI=1S/C18H22N2O2/c1-14(2)18(21)20-11-9-19(10-12-20)16-7-5-15(6-8-16)17-4-3-13-22-17/h3-8,13-14H,9-12H2,1-2H3. The number of piperazine rings is 1. The van der Waals surface area contributed by atoms with Gasteiger partial charge in [0, 0.05) is 43.3 Å². The smallest absolute Gasteiger partial charge is 0.225 e. The molecule has 1 aromatic heterocycles. The summed E-state index contributed by atoms with van der Waals surface area (Å²) < 4.78 is 5.41. The van der Waals surface area contributed by atoms with Gasteiger partial charge in [0.15, 0.2) is 0 Å². The van der Waals surface area contributed by atoms with Gasteiger partial charge in [0.1, 0.15) is 5.76 Å². The normalized spacial score (nSPS) is 15.4. The van der Waals surface area contributed by atoms with Crippen molar-refractivity contribution in [1.29, 1.82) is 0 Å². The Kier molecular flexibility index (Phi) is 4.18. The van der Waals surface area contributed by atoms with Gasteiger partial charge in [-0.25, -0.2) is 0 Å². The van der Waals surface area contributed by atoms with Gasteiger partial charge in [-0.1, -0.05) is 13.8 Å². The van der Waals surface area contributed by atoms with E-state index in [1.54, 1.807) is 6.26 Å². The number of carbonyl (C=O) groups is 1. The molecule has 3 rings (SSSR count). The molecular weight excluding hydrogens is 276 g/mol. The van der Waals surface area contributed by atoms with E-state index in [4.69, 9.17) is 4.42 Å². The molecule has 0 N–H and O–H groups in total. The van der Waals surface area contributed by atoms with E-state index in [2.05, 4.69) is 29.2 Å². The molecule has 2 heterocycles. The van der Waals surface area contributed by atoms with Gasteiger partial charge in [0.2, 0.25) is 5.91 Å². The number of nitrogens with zero attached hydrogens (tertiary/aromatic N) is 2. The number of carbonyl (C=O) groups excluding carboxylic acids is 1. The van der Waals surface area contributed by atoms with Crippen LogP contribution in [0.2, 0.25) is 0 Å². The fraction of sp³-hybridized carbons (Fsp3) is 0.389. The third-order valence-electron chi connectivity index (χ3n) is 4.12. The van der Waals surface area contributed by atoms with Crippen molar-refractivity contribution in [2.75, 3.05) is 31.1 Å². The maximum absolute atomic E-state index is 12.0. The van der Waals surface area contributed by atoms with Crippen molar-refractivity contribution in [3.8, 4) is 11.3 Å². The van der Waals surface area contributed by atoms with Crippen molar-refractivity contribution in [2.45, 2.75) is 13.8 Å². The highest BCUT2D eigenvalue weighted by Gasteiger charge is 2.22. The second-order valence-corrected chi connectivity index (χ2v) is 5.99. The summed E-state index contributed by atoms with van der Waals surface area (Å²) in [5.41, 5.74) is 2.29. The highest BCUT2D eigenvalue weighted by atomic mass is 16.3. The van der Waals surface area contributed by atoms with Gasteiger partial charge in [-0.15, -0.1) is 0 Å². The first-order chi connectivity index (χ1) is 10.6. The lowest BCUT2D eigenvalue weighted by Crippen LogP contribution is -2.49. The van der Waals surface area contributed by atoms with Crippen molar-refractivity contribution in [3.05, 3.63) is 42.7 Å². The molecule has 4 nitrogen and oxygen atoms in total. The molecule has 0 saturated carbocycles. The molecule has 0 radical (unpaired) electrons. The molecule has 1 saturated heterocycles. The third-order valence-corrected chi connectivity index (χ3v) is 4.12. The Morgan fingerprint density at radius 1 is 1.05 bits per heavy atom. The minimum Gasteiger partial charge on any atom is -0.464 e. The zero-order valence-electron chi connectivity index (χ0n) is 13.2. The van der Waals surface area contributed by atoms with Crippen LogP contribution in [0.4, 0.5) is 5.69 Å². The summed E-state index contributed by atoms with van der Waals surface area (Å²) in [6, 6.07) is 12.3. The molecule has 0 aliphatic carbocycles. The van der Waals surface area contributed by atoms with E-state index in [9.17, 15) is 4.79 Å². The van der Waals surface area contributed by atoms with E-state index in [-0.39, 0.29) is 11.8 Å². The van der Waals surface area contributed by atoms with E-state index < -0.39 is 0 Å². The Bertz CT molecular complexity index is 609. The lowest BCUT2D eigenvalue weighted by Gasteiger charge is -2.37. The molecule has 0 spiro atoms. The topological polar surface area (TPSA) is 36.7 Å². The lowest BCUT2D eigenvalue weighted by atomic mass is 10.1. The largest absolute Gasteiger partial charge is 0.464 e. The van der Waals surface area contributed by atoms with Crippen LogP contribution >= 0.6 is 0 Å². The van der Waals surface area contributed by atoms with Gasteiger partial charge in [-0.3, -0.25) is 4.79 Å². The van der Waals surface area contributed by atoms with E-state index >= 15 is 0 Å². The van der Waals surface area contributed by atoms with Gasteiger partial charge < -0.3 is 14.2 Å². The average molecular weight is 298 g/mol. The first-order valence-electron chi connectivity index (χ1n) is 7.83. The Labute approximate surface area is 131 Å². The minimum atomic E-state index is 0.0825. The van der Waals surface area contributed by atoms with Crippen molar-refractivity contribution in [3.63, 3.8) is 0 Å². The molecule has 1 aliphatic heterocycles. The van der Waals surface area contributed by atoms with E-state index in [0.29, 0.717) is 0 Å². The number of hydrogen-bond acceptors (Lipinski definition) is 3. The summed E-state index contributed by atoms with van der Waals surface area (Å²) in [5.74, 6) is 1.23. The Morgan fingerprint density at radius 3 is 2.27 bits per heavy atom. The Hall–Kier alpha value is -2.23. The van der Waals surface area contributed by atoms with Gasteiger partial charge in [-0.2, -0.15) is 0 Å². The van der Waals surface area contributed by atoms with Crippen LogP contribution in [-0.4, -0.2) is 37.0 Å². The second-order valence-electron chi connectivity index (χ2n) is 5.99. The molecular formula is C18H22N2O2. The van der Waals surface area contributed by atoms with E-state index in [1.807, 2.05) is 30.9 Å². The number of furan rings is 1. The molecule has 22 heavy (non-hydrogen) atoms. The summed E-state index contributed by atoms with van der Waals surface area (Å²) in [6.45, 7) is 7.30. The molecule has 1 amide bonds. The molecule has 1 aromatic carbocycles. The number of amides is 1.